The highest BCUT2D eigenvalue weighted by Gasteiger charge is 2.29. The summed E-state index contributed by atoms with van der Waals surface area (Å²) in [4.78, 5) is 11.5. The van der Waals surface area contributed by atoms with E-state index in [-0.39, 0.29) is 21.9 Å². The fourth-order valence-electron chi connectivity index (χ4n) is 2.77. The fraction of sp³-hybridized carbons (Fsp3) is 0.250. The van der Waals surface area contributed by atoms with Crippen LogP contribution in [0.3, 0.4) is 0 Å². The molecule has 108 valence electrons. The number of rotatable bonds is 3. The molecule has 1 aliphatic carbocycles. The molecule has 0 bridgehead atoms. The van der Waals surface area contributed by atoms with Gasteiger partial charge < -0.3 is 5.73 Å². The second-order valence-corrected chi connectivity index (χ2v) is 6.43. The number of aryl methyl sites for hydroxylation is 1. The van der Waals surface area contributed by atoms with Gasteiger partial charge >= 0.3 is 0 Å². The molecule has 2 aromatic rings. The number of fused-ring (bicyclic) bond motifs is 1. The molecule has 0 heterocycles. The molecule has 5 heteroatoms. The van der Waals surface area contributed by atoms with Crippen molar-refractivity contribution in [2.45, 2.75) is 29.0 Å². The van der Waals surface area contributed by atoms with Gasteiger partial charge in [0.2, 0.25) is 0 Å². The molecule has 0 saturated heterocycles. The van der Waals surface area contributed by atoms with Crippen LogP contribution in [0.1, 0.15) is 23.6 Å². The Bertz CT molecular complexity index is 675. The number of nitrogens with zero attached hydrogens (tertiary/aromatic N) is 1. The van der Waals surface area contributed by atoms with Crippen molar-refractivity contribution in [1.82, 2.24) is 0 Å². The first-order valence-electron chi connectivity index (χ1n) is 6.90. The highest BCUT2D eigenvalue weighted by atomic mass is 32.2. The van der Waals surface area contributed by atoms with E-state index in [2.05, 4.69) is 12.1 Å². The van der Waals surface area contributed by atoms with Gasteiger partial charge in [-0.2, -0.15) is 0 Å². The number of para-hydroxylation sites is 1. The van der Waals surface area contributed by atoms with Crippen LogP contribution in [0.15, 0.2) is 53.4 Å². The van der Waals surface area contributed by atoms with E-state index < -0.39 is 0 Å². The number of benzene rings is 2. The summed E-state index contributed by atoms with van der Waals surface area (Å²) in [5, 5.41) is 11.3. The van der Waals surface area contributed by atoms with E-state index in [9.17, 15) is 10.1 Å². The Balaban J connectivity index is 1.86. The molecule has 0 amide bonds. The predicted molar refractivity (Wildman–Crippen MR) is 84.4 cm³/mol. The zero-order valence-corrected chi connectivity index (χ0v) is 12.3. The van der Waals surface area contributed by atoms with Crippen LogP contribution in [0.4, 0.5) is 5.69 Å². The lowest BCUT2D eigenvalue weighted by Gasteiger charge is -2.30. The molecule has 0 spiro atoms. The van der Waals surface area contributed by atoms with Crippen LogP contribution in [0.2, 0.25) is 0 Å². The molecule has 3 rings (SSSR count). The van der Waals surface area contributed by atoms with E-state index in [0.717, 1.165) is 12.8 Å². The molecular weight excluding hydrogens is 284 g/mol. The van der Waals surface area contributed by atoms with Gasteiger partial charge in [0.1, 0.15) is 0 Å². The maximum absolute atomic E-state index is 11.1. The summed E-state index contributed by atoms with van der Waals surface area (Å²) >= 11 is 1.52. The Morgan fingerprint density at radius 2 is 1.86 bits per heavy atom. The monoisotopic (exact) mass is 300 g/mol. The summed E-state index contributed by atoms with van der Waals surface area (Å²) in [6.45, 7) is 0. The minimum absolute atomic E-state index is 0.0836. The Morgan fingerprint density at radius 1 is 1.14 bits per heavy atom. The summed E-state index contributed by atoms with van der Waals surface area (Å²) in [5.41, 5.74) is 9.00. The molecule has 0 aliphatic heterocycles. The first-order chi connectivity index (χ1) is 10.2. The van der Waals surface area contributed by atoms with E-state index in [4.69, 9.17) is 5.73 Å². The third kappa shape index (κ3) is 2.80. The molecule has 4 nitrogen and oxygen atoms in total. The van der Waals surface area contributed by atoms with Gasteiger partial charge in [0, 0.05) is 17.4 Å². The van der Waals surface area contributed by atoms with E-state index in [1.807, 2.05) is 18.2 Å². The normalized spacial score (nSPS) is 20.8. The van der Waals surface area contributed by atoms with Gasteiger partial charge in [0.05, 0.1) is 9.82 Å². The molecule has 1 aliphatic rings. The van der Waals surface area contributed by atoms with Crippen LogP contribution in [0.5, 0.6) is 0 Å². The summed E-state index contributed by atoms with van der Waals surface area (Å²) in [6.07, 6.45) is 1.91. The summed E-state index contributed by atoms with van der Waals surface area (Å²) in [7, 11) is 0. The van der Waals surface area contributed by atoms with E-state index in [1.165, 1.54) is 22.9 Å². The van der Waals surface area contributed by atoms with Gasteiger partial charge in [0.15, 0.2) is 0 Å². The summed E-state index contributed by atoms with van der Waals surface area (Å²) in [6, 6.07) is 15.0. The topological polar surface area (TPSA) is 69.2 Å². The zero-order valence-electron chi connectivity index (χ0n) is 11.4. The quantitative estimate of drug-likeness (QED) is 0.693. The smallest absolute Gasteiger partial charge is 0.282 e. The minimum atomic E-state index is -0.329. The van der Waals surface area contributed by atoms with Crippen LogP contribution in [-0.4, -0.2) is 10.2 Å². The SMILES string of the molecule is NC1c2ccccc2CCC1Sc1ccccc1[N+](=O)[O-]. The number of hydrogen-bond donors (Lipinski definition) is 1. The lowest BCUT2D eigenvalue weighted by atomic mass is 9.88. The molecule has 2 atom stereocenters. The molecule has 0 fully saturated rings. The Morgan fingerprint density at radius 3 is 2.67 bits per heavy atom. The van der Waals surface area contributed by atoms with Crippen LogP contribution in [0.25, 0.3) is 0 Å². The van der Waals surface area contributed by atoms with Gasteiger partial charge in [-0.3, -0.25) is 10.1 Å². The van der Waals surface area contributed by atoms with E-state index in [1.54, 1.807) is 18.2 Å². The van der Waals surface area contributed by atoms with E-state index in [0.29, 0.717) is 4.90 Å². The third-order valence-corrected chi connectivity index (χ3v) is 5.28. The van der Waals surface area contributed by atoms with Crippen molar-refractivity contribution in [3.8, 4) is 0 Å². The number of thioether (sulfide) groups is 1. The lowest BCUT2D eigenvalue weighted by molar-refractivity contribution is -0.387. The molecule has 0 aromatic heterocycles. The Kier molecular flexibility index (Phi) is 3.94. The number of nitro benzene ring substituents is 1. The summed E-state index contributed by atoms with van der Waals surface area (Å²) in [5.74, 6) is 0. The number of nitrogens with two attached hydrogens (primary N) is 1. The lowest BCUT2D eigenvalue weighted by Crippen LogP contribution is -2.29. The largest absolute Gasteiger partial charge is 0.323 e. The minimum Gasteiger partial charge on any atom is -0.323 e. The van der Waals surface area contributed by atoms with Gasteiger partial charge in [-0.25, -0.2) is 0 Å². The van der Waals surface area contributed by atoms with Crippen molar-refractivity contribution < 1.29 is 4.92 Å². The fourth-order valence-corrected chi connectivity index (χ4v) is 4.04. The zero-order chi connectivity index (χ0) is 14.8. The molecule has 2 unspecified atom stereocenters. The van der Waals surface area contributed by atoms with Crippen LogP contribution < -0.4 is 5.73 Å². The van der Waals surface area contributed by atoms with Gasteiger partial charge in [-0.05, 0) is 30.0 Å². The van der Waals surface area contributed by atoms with Crippen molar-refractivity contribution in [2.24, 2.45) is 5.73 Å². The van der Waals surface area contributed by atoms with Crippen LogP contribution in [0, 0.1) is 10.1 Å². The molecule has 2 N–H and O–H groups in total. The predicted octanol–water partition coefficient (Wildman–Crippen LogP) is 3.70. The molecule has 0 saturated carbocycles. The summed E-state index contributed by atoms with van der Waals surface area (Å²) < 4.78 is 0. The van der Waals surface area contributed by atoms with Crippen molar-refractivity contribution in [3.05, 3.63) is 69.8 Å². The average molecular weight is 300 g/mol. The average Bonchev–Trinajstić information content (AvgIpc) is 2.51. The highest BCUT2D eigenvalue weighted by molar-refractivity contribution is 8.00. The number of hydrogen-bond acceptors (Lipinski definition) is 4. The van der Waals surface area contributed by atoms with Crippen molar-refractivity contribution in [1.29, 1.82) is 0 Å². The van der Waals surface area contributed by atoms with E-state index >= 15 is 0 Å². The first kappa shape index (κ1) is 14.1. The maximum Gasteiger partial charge on any atom is 0.282 e. The highest BCUT2D eigenvalue weighted by Crippen LogP contribution is 2.41. The second kappa shape index (κ2) is 5.87. The first-order valence-corrected chi connectivity index (χ1v) is 7.78. The molecular formula is C16H16N2O2S. The maximum atomic E-state index is 11.1. The van der Waals surface area contributed by atoms with Crippen molar-refractivity contribution in [3.63, 3.8) is 0 Å². The van der Waals surface area contributed by atoms with Crippen molar-refractivity contribution >= 4 is 17.4 Å². The Hall–Kier alpha value is -1.85. The van der Waals surface area contributed by atoms with Crippen LogP contribution >= 0.6 is 11.8 Å². The van der Waals surface area contributed by atoms with Gasteiger partial charge in [-0.15, -0.1) is 11.8 Å². The van der Waals surface area contributed by atoms with Gasteiger partial charge in [0.25, 0.3) is 5.69 Å². The third-order valence-electron chi connectivity index (χ3n) is 3.85. The molecule has 21 heavy (non-hydrogen) atoms. The van der Waals surface area contributed by atoms with Crippen LogP contribution in [-0.2, 0) is 6.42 Å². The Labute approximate surface area is 127 Å². The van der Waals surface area contributed by atoms with Gasteiger partial charge in [-0.1, -0.05) is 36.4 Å². The second-order valence-electron chi connectivity index (χ2n) is 5.14. The van der Waals surface area contributed by atoms with Crippen molar-refractivity contribution in [2.75, 3.05) is 0 Å². The molecule has 2 aromatic carbocycles. The standard InChI is InChI=1S/C16H16N2O2S/c17-16-12-6-2-1-5-11(12)9-10-15(16)21-14-8-4-3-7-13(14)18(19)20/h1-8,15-16H,9-10,17H2. The molecule has 0 radical (unpaired) electrons. The number of nitro groups is 1.